The second-order valence-corrected chi connectivity index (χ2v) is 3.02. The third-order valence-corrected chi connectivity index (χ3v) is 1.91. The molecular weight excluding hydrogens is 156 g/mol. The molecule has 3 heteroatoms. The minimum Gasteiger partial charge on any atom is -0.479 e. The van der Waals surface area contributed by atoms with Gasteiger partial charge < -0.3 is 9.84 Å². The number of aliphatic carboxylic acids is 1. The smallest absolute Gasteiger partial charge is 0.333 e. The predicted molar refractivity (Wildman–Crippen MR) is 47.1 cm³/mol. The first-order chi connectivity index (χ1) is 5.63. The van der Waals surface area contributed by atoms with E-state index in [1.165, 1.54) is 0 Å². The standard InChI is InChI=1S/C9H18O3/c1-4-6-12-8(9(10)11)7(3)5-2/h7-8H,4-6H2,1-3H3,(H,10,11). The van der Waals surface area contributed by atoms with Crippen LogP contribution in [0.4, 0.5) is 0 Å². The molecule has 0 rings (SSSR count). The Morgan fingerprint density at radius 1 is 1.50 bits per heavy atom. The van der Waals surface area contributed by atoms with Crippen molar-refractivity contribution in [2.45, 2.75) is 39.7 Å². The second kappa shape index (κ2) is 6.00. The Kier molecular flexibility index (Phi) is 5.72. The van der Waals surface area contributed by atoms with Gasteiger partial charge >= 0.3 is 5.97 Å². The zero-order chi connectivity index (χ0) is 9.56. The zero-order valence-electron chi connectivity index (χ0n) is 8.04. The molecule has 0 aliphatic heterocycles. The number of hydrogen-bond acceptors (Lipinski definition) is 2. The lowest BCUT2D eigenvalue weighted by molar-refractivity contribution is -0.154. The van der Waals surface area contributed by atoms with Gasteiger partial charge in [-0.1, -0.05) is 27.2 Å². The topological polar surface area (TPSA) is 46.5 Å². The van der Waals surface area contributed by atoms with Crippen molar-refractivity contribution in [1.29, 1.82) is 0 Å². The Morgan fingerprint density at radius 2 is 2.08 bits per heavy atom. The first-order valence-corrected chi connectivity index (χ1v) is 4.47. The van der Waals surface area contributed by atoms with Crippen LogP contribution in [-0.2, 0) is 9.53 Å². The van der Waals surface area contributed by atoms with Crippen LogP contribution in [0.5, 0.6) is 0 Å². The van der Waals surface area contributed by atoms with Gasteiger partial charge in [0.05, 0.1) is 0 Å². The molecule has 0 aromatic heterocycles. The van der Waals surface area contributed by atoms with E-state index in [2.05, 4.69) is 0 Å². The third-order valence-electron chi connectivity index (χ3n) is 1.91. The molecule has 2 unspecified atom stereocenters. The predicted octanol–water partition coefficient (Wildman–Crippen LogP) is 1.91. The summed E-state index contributed by atoms with van der Waals surface area (Å²) in [6.45, 7) is 6.36. The van der Waals surface area contributed by atoms with Gasteiger partial charge in [0.15, 0.2) is 6.10 Å². The van der Waals surface area contributed by atoms with Gasteiger partial charge in [-0.3, -0.25) is 0 Å². The van der Waals surface area contributed by atoms with Crippen LogP contribution < -0.4 is 0 Å². The lowest BCUT2D eigenvalue weighted by atomic mass is 10.0. The van der Waals surface area contributed by atoms with Gasteiger partial charge in [0.1, 0.15) is 0 Å². The number of ether oxygens (including phenoxy) is 1. The van der Waals surface area contributed by atoms with Crippen molar-refractivity contribution in [3.8, 4) is 0 Å². The van der Waals surface area contributed by atoms with Gasteiger partial charge in [-0.25, -0.2) is 4.79 Å². The maximum Gasteiger partial charge on any atom is 0.333 e. The summed E-state index contributed by atoms with van der Waals surface area (Å²) in [4.78, 5) is 10.7. The quantitative estimate of drug-likeness (QED) is 0.669. The minimum absolute atomic E-state index is 0.0917. The van der Waals surface area contributed by atoms with Crippen LogP contribution in [0, 0.1) is 5.92 Å². The first kappa shape index (κ1) is 11.4. The number of hydrogen-bond donors (Lipinski definition) is 1. The van der Waals surface area contributed by atoms with E-state index in [1.807, 2.05) is 20.8 Å². The van der Waals surface area contributed by atoms with Crippen molar-refractivity contribution in [2.24, 2.45) is 5.92 Å². The fourth-order valence-corrected chi connectivity index (χ4v) is 0.938. The molecule has 0 aliphatic rings. The van der Waals surface area contributed by atoms with E-state index in [1.54, 1.807) is 0 Å². The molecule has 0 fully saturated rings. The summed E-state index contributed by atoms with van der Waals surface area (Å²) < 4.78 is 5.21. The Labute approximate surface area is 73.7 Å². The number of carboxylic acids is 1. The maximum atomic E-state index is 10.7. The fraction of sp³-hybridized carbons (Fsp3) is 0.889. The van der Waals surface area contributed by atoms with Crippen molar-refractivity contribution < 1.29 is 14.6 Å². The molecule has 0 spiro atoms. The highest BCUT2D eigenvalue weighted by atomic mass is 16.5. The summed E-state index contributed by atoms with van der Waals surface area (Å²) >= 11 is 0. The number of carboxylic acid groups (broad SMARTS) is 1. The third kappa shape index (κ3) is 3.72. The fourth-order valence-electron chi connectivity index (χ4n) is 0.938. The normalized spacial score (nSPS) is 15.6. The molecule has 0 heterocycles. The van der Waals surface area contributed by atoms with Gasteiger partial charge in [-0.2, -0.15) is 0 Å². The van der Waals surface area contributed by atoms with Gasteiger partial charge in [0, 0.05) is 6.61 Å². The van der Waals surface area contributed by atoms with Crippen LogP contribution >= 0.6 is 0 Å². The van der Waals surface area contributed by atoms with Crippen molar-refractivity contribution >= 4 is 5.97 Å². The molecule has 0 bridgehead atoms. The molecular formula is C9H18O3. The van der Waals surface area contributed by atoms with E-state index >= 15 is 0 Å². The molecule has 72 valence electrons. The molecule has 0 saturated carbocycles. The van der Waals surface area contributed by atoms with E-state index in [9.17, 15) is 4.79 Å². The summed E-state index contributed by atoms with van der Waals surface area (Å²) in [5.41, 5.74) is 0. The lowest BCUT2D eigenvalue weighted by Crippen LogP contribution is -2.30. The van der Waals surface area contributed by atoms with Crippen molar-refractivity contribution in [3.63, 3.8) is 0 Å². The van der Waals surface area contributed by atoms with Crippen LogP contribution in [0.25, 0.3) is 0 Å². The van der Waals surface area contributed by atoms with E-state index in [0.717, 1.165) is 12.8 Å². The Bertz CT molecular complexity index is 134. The van der Waals surface area contributed by atoms with E-state index in [0.29, 0.717) is 6.61 Å². The maximum absolute atomic E-state index is 10.7. The molecule has 1 N–H and O–H groups in total. The highest BCUT2D eigenvalue weighted by Gasteiger charge is 2.23. The SMILES string of the molecule is CCCOC(C(=O)O)C(C)CC. The van der Waals surface area contributed by atoms with E-state index in [4.69, 9.17) is 9.84 Å². The van der Waals surface area contributed by atoms with Crippen LogP contribution in [0.1, 0.15) is 33.6 Å². The lowest BCUT2D eigenvalue weighted by Gasteiger charge is -2.18. The number of rotatable bonds is 6. The average molecular weight is 174 g/mol. The Balaban J connectivity index is 3.94. The molecule has 0 saturated heterocycles. The molecule has 0 radical (unpaired) electrons. The monoisotopic (exact) mass is 174 g/mol. The van der Waals surface area contributed by atoms with Crippen LogP contribution in [0.15, 0.2) is 0 Å². The van der Waals surface area contributed by atoms with E-state index in [-0.39, 0.29) is 5.92 Å². The van der Waals surface area contributed by atoms with Gasteiger partial charge in [0.25, 0.3) is 0 Å². The highest BCUT2D eigenvalue weighted by Crippen LogP contribution is 2.11. The second-order valence-electron chi connectivity index (χ2n) is 3.02. The largest absolute Gasteiger partial charge is 0.479 e. The van der Waals surface area contributed by atoms with Crippen molar-refractivity contribution in [2.75, 3.05) is 6.61 Å². The zero-order valence-corrected chi connectivity index (χ0v) is 8.04. The molecule has 3 nitrogen and oxygen atoms in total. The highest BCUT2D eigenvalue weighted by molar-refractivity contribution is 5.72. The molecule has 0 aliphatic carbocycles. The summed E-state index contributed by atoms with van der Waals surface area (Å²) in [6.07, 6.45) is 1.07. The van der Waals surface area contributed by atoms with Crippen molar-refractivity contribution in [3.05, 3.63) is 0 Å². The Hall–Kier alpha value is -0.570. The van der Waals surface area contributed by atoms with Crippen molar-refractivity contribution in [1.82, 2.24) is 0 Å². The number of carbonyl (C=O) groups is 1. The van der Waals surface area contributed by atoms with Crippen LogP contribution in [-0.4, -0.2) is 23.8 Å². The van der Waals surface area contributed by atoms with Gasteiger partial charge in [0.2, 0.25) is 0 Å². The van der Waals surface area contributed by atoms with Crippen LogP contribution in [0.3, 0.4) is 0 Å². The average Bonchev–Trinajstić information content (AvgIpc) is 2.04. The van der Waals surface area contributed by atoms with Gasteiger partial charge in [-0.05, 0) is 12.3 Å². The summed E-state index contributed by atoms with van der Waals surface area (Å²) in [5.74, 6) is -0.758. The summed E-state index contributed by atoms with van der Waals surface area (Å²) in [6, 6.07) is 0. The molecule has 0 aromatic rings. The van der Waals surface area contributed by atoms with Crippen LogP contribution in [0.2, 0.25) is 0 Å². The molecule has 2 atom stereocenters. The summed E-state index contributed by atoms with van der Waals surface area (Å²) in [7, 11) is 0. The Morgan fingerprint density at radius 3 is 2.42 bits per heavy atom. The summed E-state index contributed by atoms with van der Waals surface area (Å²) in [5, 5.41) is 8.78. The molecule has 12 heavy (non-hydrogen) atoms. The van der Waals surface area contributed by atoms with Gasteiger partial charge in [-0.15, -0.1) is 0 Å². The minimum atomic E-state index is -0.849. The molecule has 0 aromatic carbocycles. The molecule has 0 amide bonds. The van der Waals surface area contributed by atoms with E-state index < -0.39 is 12.1 Å². The first-order valence-electron chi connectivity index (χ1n) is 4.47.